The van der Waals surface area contributed by atoms with Crippen LogP contribution in [0.5, 0.6) is 0 Å². The van der Waals surface area contributed by atoms with E-state index in [1.54, 1.807) is 12.3 Å². The van der Waals surface area contributed by atoms with Gasteiger partial charge in [0, 0.05) is 18.8 Å². The van der Waals surface area contributed by atoms with Gasteiger partial charge in [-0.3, -0.25) is 4.79 Å². The van der Waals surface area contributed by atoms with Crippen molar-refractivity contribution in [3.63, 3.8) is 0 Å². The highest BCUT2D eigenvalue weighted by Gasteiger charge is 2.29. The van der Waals surface area contributed by atoms with E-state index in [1.165, 1.54) is 12.8 Å². The Morgan fingerprint density at radius 2 is 2.30 bits per heavy atom. The largest absolute Gasteiger partial charge is 0.370 e. The van der Waals surface area contributed by atoms with Crippen molar-refractivity contribution in [2.45, 2.75) is 52.5 Å². The third kappa shape index (κ3) is 3.71. The Morgan fingerprint density at radius 3 is 3.00 bits per heavy atom. The second-order valence-corrected chi connectivity index (χ2v) is 6.36. The van der Waals surface area contributed by atoms with Gasteiger partial charge in [-0.05, 0) is 43.7 Å². The van der Waals surface area contributed by atoms with Crippen LogP contribution in [0, 0.1) is 5.41 Å². The van der Waals surface area contributed by atoms with Crippen molar-refractivity contribution < 1.29 is 4.79 Å². The molecule has 0 radical (unpaired) electrons. The topological polar surface area (TPSA) is 54.0 Å². The second-order valence-electron chi connectivity index (χ2n) is 6.36. The van der Waals surface area contributed by atoms with E-state index < -0.39 is 0 Å². The predicted octanol–water partition coefficient (Wildman–Crippen LogP) is 3.21. The summed E-state index contributed by atoms with van der Waals surface area (Å²) >= 11 is 0. The minimum Gasteiger partial charge on any atom is -0.370 e. The first-order chi connectivity index (χ1) is 9.52. The lowest BCUT2D eigenvalue weighted by Gasteiger charge is -2.35. The van der Waals surface area contributed by atoms with Crippen molar-refractivity contribution in [2.24, 2.45) is 5.41 Å². The van der Waals surface area contributed by atoms with Crippen LogP contribution in [0.25, 0.3) is 0 Å². The smallest absolute Gasteiger partial charge is 0.255 e. The van der Waals surface area contributed by atoms with Crippen LogP contribution >= 0.6 is 0 Å². The SMILES string of the molecule is CCNc1ncccc1C(=O)NC1CCCC(C)(C)C1. The number of carbonyl (C=O) groups is 1. The number of carbonyl (C=O) groups excluding carboxylic acids is 1. The van der Waals surface area contributed by atoms with Gasteiger partial charge in [0.2, 0.25) is 0 Å². The quantitative estimate of drug-likeness (QED) is 0.887. The summed E-state index contributed by atoms with van der Waals surface area (Å²) in [5.74, 6) is 0.652. The minimum absolute atomic E-state index is 0.0169. The van der Waals surface area contributed by atoms with Gasteiger partial charge in [-0.2, -0.15) is 0 Å². The third-order valence-corrected chi connectivity index (χ3v) is 3.94. The van der Waals surface area contributed by atoms with Crippen LogP contribution in [0.15, 0.2) is 18.3 Å². The fourth-order valence-electron chi connectivity index (χ4n) is 2.98. The third-order valence-electron chi connectivity index (χ3n) is 3.94. The minimum atomic E-state index is -0.0169. The van der Waals surface area contributed by atoms with Crippen LogP contribution in [-0.4, -0.2) is 23.5 Å². The van der Waals surface area contributed by atoms with Crippen LogP contribution in [0.1, 0.15) is 56.8 Å². The van der Waals surface area contributed by atoms with Gasteiger partial charge in [0.25, 0.3) is 5.91 Å². The molecule has 0 bridgehead atoms. The van der Waals surface area contributed by atoms with Crippen LogP contribution in [-0.2, 0) is 0 Å². The highest BCUT2D eigenvalue weighted by atomic mass is 16.1. The molecule has 2 rings (SSSR count). The number of pyridine rings is 1. The van der Waals surface area contributed by atoms with E-state index in [9.17, 15) is 4.79 Å². The molecule has 1 heterocycles. The molecule has 4 nitrogen and oxygen atoms in total. The molecule has 0 spiro atoms. The Balaban J connectivity index is 2.05. The van der Waals surface area contributed by atoms with Crippen molar-refractivity contribution in [1.29, 1.82) is 0 Å². The molecule has 20 heavy (non-hydrogen) atoms. The number of amides is 1. The van der Waals surface area contributed by atoms with E-state index in [0.717, 1.165) is 19.4 Å². The number of anilines is 1. The van der Waals surface area contributed by atoms with Gasteiger partial charge in [0.05, 0.1) is 5.56 Å². The molecule has 1 aliphatic carbocycles. The van der Waals surface area contributed by atoms with Gasteiger partial charge in [-0.15, -0.1) is 0 Å². The highest BCUT2D eigenvalue weighted by molar-refractivity contribution is 5.98. The molecule has 0 aromatic carbocycles. The average molecular weight is 275 g/mol. The van der Waals surface area contributed by atoms with Gasteiger partial charge >= 0.3 is 0 Å². The summed E-state index contributed by atoms with van der Waals surface area (Å²) in [7, 11) is 0. The zero-order valence-electron chi connectivity index (χ0n) is 12.7. The Kier molecular flexibility index (Phi) is 4.63. The highest BCUT2D eigenvalue weighted by Crippen LogP contribution is 2.35. The Hall–Kier alpha value is -1.58. The van der Waals surface area contributed by atoms with Crippen LogP contribution < -0.4 is 10.6 Å². The number of hydrogen-bond acceptors (Lipinski definition) is 3. The van der Waals surface area contributed by atoms with E-state index in [2.05, 4.69) is 29.5 Å². The number of hydrogen-bond donors (Lipinski definition) is 2. The molecule has 1 atom stereocenters. The number of nitrogens with one attached hydrogen (secondary N) is 2. The molecule has 1 fully saturated rings. The molecule has 1 aromatic heterocycles. The van der Waals surface area contributed by atoms with E-state index >= 15 is 0 Å². The van der Waals surface area contributed by atoms with Crippen molar-refractivity contribution in [1.82, 2.24) is 10.3 Å². The van der Waals surface area contributed by atoms with Crippen LogP contribution in [0.2, 0.25) is 0 Å². The van der Waals surface area contributed by atoms with Gasteiger partial charge in [0.1, 0.15) is 5.82 Å². The van der Waals surface area contributed by atoms with E-state index in [-0.39, 0.29) is 11.9 Å². The zero-order valence-corrected chi connectivity index (χ0v) is 12.7. The molecule has 1 saturated carbocycles. The fraction of sp³-hybridized carbons (Fsp3) is 0.625. The second kappa shape index (κ2) is 6.25. The van der Waals surface area contributed by atoms with Crippen LogP contribution in [0.3, 0.4) is 0 Å². The molecule has 4 heteroatoms. The number of nitrogens with zero attached hydrogens (tertiary/aromatic N) is 1. The van der Waals surface area contributed by atoms with Gasteiger partial charge < -0.3 is 10.6 Å². The molecular formula is C16H25N3O. The van der Waals surface area contributed by atoms with Crippen molar-refractivity contribution in [2.75, 3.05) is 11.9 Å². The van der Waals surface area contributed by atoms with Gasteiger partial charge in [0.15, 0.2) is 0 Å². The molecule has 1 amide bonds. The molecule has 0 saturated heterocycles. The molecule has 2 N–H and O–H groups in total. The average Bonchev–Trinajstić information content (AvgIpc) is 2.38. The number of aromatic nitrogens is 1. The maximum Gasteiger partial charge on any atom is 0.255 e. The lowest BCUT2D eigenvalue weighted by atomic mass is 9.75. The first-order valence-corrected chi connectivity index (χ1v) is 7.51. The van der Waals surface area contributed by atoms with Crippen molar-refractivity contribution >= 4 is 11.7 Å². The molecule has 1 aromatic rings. The summed E-state index contributed by atoms with van der Waals surface area (Å²) < 4.78 is 0. The normalized spacial score (nSPS) is 21.2. The van der Waals surface area contributed by atoms with E-state index in [1.807, 2.05) is 13.0 Å². The summed E-state index contributed by atoms with van der Waals surface area (Å²) in [6.07, 6.45) is 6.26. The molecule has 110 valence electrons. The monoisotopic (exact) mass is 275 g/mol. The summed E-state index contributed by atoms with van der Waals surface area (Å²) in [6, 6.07) is 3.91. The summed E-state index contributed by atoms with van der Waals surface area (Å²) in [5.41, 5.74) is 0.966. The number of rotatable bonds is 4. The molecule has 1 unspecified atom stereocenters. The first-order valence-electron chi connectivity index (χ1n) is 7.51. The van der Waals surface area contributed by atoms with E-state index in [4.69, 9.17) is 0 Å². The Morgan fingerprint density at radius 1 is 1.50 bits per heavy atom. The summed E-state index contributed by atoms with van der Waals surface area (Å²) in [5, 5.41) is 6.31. The maximum absolute atomic E-state index is 12.4. The van der Waals surface area contributed by atoms with E-state index in [0.29, 0.717) is 16.8 Å². The van der Waals surface area contributed by atoms with Crippen LogP contribution in [0.4, 0.5) is 5.82 Å². The molecule has 0 aliphatic heterocycles. The van der Waals surface area contributed by atoms with Gasteiger partial charge in [-0.1, -0.05) is 20.3 Å². The predicted molar refractivity (Wildman–Crippen MR) is 81.9 cm³/mol. The van der Waals surface area contributed by atoms with Gasteiger partial charge in [-0.25, -0.2) is 4.98 Å². The lowest BCUT2D eigenvalue weighted by Crippen LogP contribution is -2.40. The Labute approximate surface area is 121 Å². The molecule has 1 aliphatic rings. The zero-order chi connectivity index (χ0) is 14.6. The maximum atomic E-state index is 12.4. The van der Waals surface area contributed by atoms with Crippen molar-refractivity contribution in [3.05, 3.63) is 23.9 Å². The lowest BCUT2D eigenvalue weighted by molar-refractivity contribution is 0.0903. The molecular weight excluding hydrogens is 250 g/mol. The summed E-state index contributed by atoms with van der Waals surface area (Å²) in [6.45, 7) is 7.31. The first kappa shape index (κ1) is 14.8. The fourth-order valence-corrected chi connectivity index (χ4v) is 2.98. The summed E-state index contributed by atoms with van der Waals surface area (Å²) in [4.78, 5) is 16.7. The van der Waals surface area contributed by atoms with Crippen molar-refractivity contribution in [3.8, 4) is 0 Å². The Bertz CT molecular complexity index is 471. The standard InChI is InChI=1S/C16H25N3O/c1-4-17-14-13(8-6-10-18-14)15(20)19-12-7-5-9-16(2,3)11-12/h6,8,10,12H,4-5,7,9,11H2,1-3H3,(H,17,18)(H,19,20).